The molecule has 0 unspecified atom stereocenters. The molecule has 1 aliphatic heterocycles. The molecule has 3 rings (SSSR count). The predicted molar refractivity (Wildman–Crippen MR) is 108 cm³/mol. The van der Waals surface area contributed by atoms with Gasteiger partial charge in [-0.1, -0.05) is 18.2 Å². The number of rotatable bonds is 6. The highest BCUT2D eigenvalue weighted by atomic mass is 16.5. The standard InChI is InChI=1S/C20H28N6O/c1-3-27-18-8-5-4-7-17(18)9-12-24-19(21-2)25-13-15-26(16-14-25)20-22-10-6-11-23-20/h4-8,10-11H,3,9,12-16H2,1-2H3,(H,21,24). The van der Waals surface area contributed by atoms with Crippen molar-refractivity contribution in [2.45, 2.75) is 13.3 Å². The second-order valence-electron chi connectivity index (χ2n) is 6.29. The van der Waals surface area contributed by atoms with Gasteiger partial charge in [0, 0.05) is 52.2 Å². The van der Waals surface area contributed by atoms with Gasteiger partial charge in [-0.25, -0.2) is 9.97 Å². The Bertz CT molecular complexity index is 728. The molecule has 144 valence electrons. The number of benzene rings is 1. The number of guanidine groups is 1. The van der Waals surface area contributed by atoms with E-state index in [0.717, 1.165) is 56.8 Å². The molecule has 1 aromatic carbocycles. The lowest BCUT2D eigenvalue weighted by Crippen LogP contribution is -2.53. The summed E-state index contributed by atoms with van der Waals surface area (Å²) in [5, 5.41) is 3.48. The van der Waals surface area contributed by atoms with E-state index in [0.29, 0.717) is 6.61 Å². The van der Waals surface area contributed by atoms with Gasteiger partial charge in [-0.3, -0.25) is 4.99 Å². The maximum Gasteiger partial charge on any atom is 0.225 e. The molecule has 7 nitrogen and oxygen atoms in total. The first-order valence-corrected chi connectivity index (χ1v) is 9.50. The minimum atomic E-state index is 0.682. The van der Waals surface area contributed by atoms with E-state index < -0.39 is 0 Å². The maximum absolute atomic E-state index is 5.71. The number of hydrogen-bond acceptors (Lipinski definition) is 5. The molecular weight excluding hydrogens is 340 g/mol. The van der Waals surface area contributed by atoms with Crippen molar-refractivity contribution in [1.82, 2.24) is 20.2 Å². The largest absolute Gasteiger partial charge is 0.494 e. The summed E-state index contributed by atoms with van der Waals surface area (Å²) in [5.41, 5.74) is 1.22. The highest BCUT2D eigenvalue weighted by Crippen LogP contribution is 2.18. The van der Waals surface area contributed by atoms with Crippen LogP contribution in [0.5, 0.6) is 5.75 Å². The molecule has 0 saturated carbocycles. The van der Waals surface area contributed by atoms with Crippen LogP contribution in [-0.4, -0.2) is 67.2 Å². The molecule has 1 aromatic heterocycles. The topological polar surface area (TPSA) is 65.9 Å². The van der Waals surface area contributed by atoms with Crippen LogP contribution in [0.2, 0.25) is 0 Å². The first-order chi connectivity index (χ1) is 13.3. The Kier molecular flexibility index (Phi) is 6.84. The summed E-state index contributed by atoms with van der Waals surface area (Å²) in [4.78, 5) is 17.6. The molecule has 0 atom stereocenters. The second kappa shape index (κ2) is 9.75. The molecular formula is C20H28N6O. The number of nitrogens with zero attached hydrogens (tertiary/aromatic N) is 5. The van der Waals surface area contributed by atoms with Crippen LogP contribution in [0.4, 0.5) is 5.95 Å². The number of piperazine rings is 1. The van der Waals surface area contributed by atoms with E-state index in [1.54, 1.807) is 12.4 Å². The van der Waals surface area contributed by atoms with Crippen molar-refractivity contribution in [1.29, 1.82) is 0 Å². The summed E-state index contributed by atoms with van der Waals surface area (Å²) in [7, 11) is 1.84. The Morgan fingerprint density at radius 3 is 2.56 bits per heavy atom. The van der Waals surface area contributed by atoms with Gasteiger partial charge in [0.05, 0.1) is 6.61 Å². The van der Waals surface area contributed by atoms with Gasteiger partial charge in [-0.05, 0) is 31.0 Å². The van der Waals surface area contributed by atoms with Crippen LogP contribution in [0.15, 0.2) is 47.7 Å². The fraction of sp³-hybridized carbons (Fsp3) is 0.450. The minimum Gasteiger partial charge on any atom is -0.494 e. The van der Waals surface area contributed by atoms with Gasteiger partial charge in [0.2, 0.25) is 5.95 Å². The Hall–Kier alpha value is -2.83. The zero-order valence-corrected chi connectivity index (χ0v) is 16.1. The molecule has 2 aromatic rings. The van der Waals surface area contributed by atoms with Gasteiger partial charge in [-0.2, -0.15) is 0 Å². The Balaban J connectivity index is 1.49. The summed E-state index contributed by atoms with van der Waals surface area (Å²) in [5.74, 6) is 2.71. The first kappa shape index (κ1) is 18.9. The highest BCUT2D eigenvalue weighted by Gasteiger charge is 2.20. The van der Waals surface area contributed by atoms with Gasteiger partial charge >= 0.3 is 0 Å². The monoisotopic (exact) mass is 368 g/mol. The molecule has 0 amide bonds. The number of para-hydroxylation sites is 1. The average molecular weight is 368 g/mol. The van der Waals surface area contributed by atoms with E-state index in [4.69, 9.17) is 4.74 Å². The normalized spacial score (nSPS) is 15.0. The molecule has 7 heteroatoms. The van der Waals surface area contributed by atoms with Gasteiger partial charge < -0.3 is 19.9 Å². The molecule has 1 saturated heterocycles. The number of nitrogens with one attached hydrogen (secondary N) is 1. The highest BCUT2D eigenvalue weighted by molar-refractivity contribution is 5.80. The lowest BCUT2D eigenvalue weighted by Gasteiger charge is -2.36. The summed E-state index contributed by atoms with van der Waals surface area (Å²) in [6, 6.07) is 10.1. The Morgan fingerprint density at radius 2 is 1.85 bits per heavy atom. The fourth-order valence-corrected chi connectivity index (χ4v) is 3.22. The van der Waals surface area contributed by atoms with Crippen molar-refractivity contribution < 1.29 is 4.74 Å². The van der Waals surface area contributed by atoms with E-state index in [-0.39, 0.29) is 0 Å². The first-order valence-electron chi connectivity index (χ1n) is 9.50. The summed E-state index contributed by atoms with van der Waals surface area (Å²) in [6.45, 7) is 7.08. The third-order valence-electron chi connectivity index (χ3n) is 4.58. The van der Waals surface area contributed by atoms with Crippen molar-refractivity contribution in [2.75, 3.05) is 51.3 Å². The van der Waals surface area contributed by atoms with Crippen LogP contribution in [-0.2, 0) is 6.42 Å². The molecule has 0 aliphatic carbocycles. The van der Waals surface area contributed by atoms with Crippen LogP contribution < -0.4 is 15.0 Å². The fourth-order valence-electron chi connectivity index (χ4n) is 3.22. The van der Waals surface area contributed by atoms with Crippen molar-refractivity contribution >= 4 is 11.9 Å². The zero-order chi connectivity index (χ0) is 18.9. The average Bonchev–Trinajstić information content (AvgIpc) is 2.73. The van der Waals surface area contributed by atoms with Crippen molar-refractivity contribution in [3.05, 3.63) is 48.3 Å². The van der Waals surface area contributed by atoms with Crippen LogP contribution in [0.3, 0.4) is 0 Å². The predicted octanol–water partition coefficient (Wildman–Crippen LogP) is 1.82. The number of aliphatic imine (C=N–C) groups is 1. The van der Waals surface area contributed by atoms with Crippen molar-refractivity contribution in [3.63, 3.8) is 0 Å². The zero-order valence-electron chi connectivity index (χ0n) is 16.1. The number of hydrogen-bond donors (Lipinski definition) is 1. The van der Waals surface area contributed by atoms with Gasteiger partial charge in [0.25, 0.3) is 0 Å². The second-order valence-corrected chi connectivity index (χ2v) is 6.29. The maximum atomic E-state index is 5.71. The van der Waals surface area contributed by atoms with Crippen LogP contribution in [0.25, 0.3) is 0 Å². The lowest BCUT2D eigenvalue weighted by atomic mass is 10.1. The smallest absolute Gasteiger partial charge is 0.225 e. The SMILES string of the molecule is CCOc1ccccc1CCNC(=NC)N1CCN(c2ncccn2)CC1. The van der Waals surface area contributed by atoms with Crippen LogP contribution in [0, 0.1) is 0 Å². The molecule has 1 aliphatic rings. The third-order valence-corrected chi connectivity index (χ3v) is 4.58. The quantitative estimate of drug-likeness (QED) is 0.620. The van der Waals surface area contributed by atoms with E-state index in [2.05, 4.69) is 42.2 Å². The Morgan fingerprint density at radius 1 is 1.11 bits per heavy atom. The van der Waals surface area contributed by atoms with E-state index in [9.17, 15) is 0 Å². The molecule has 1 N–H and O–H groups in total. The van der Waals surface area contributed by atoms with Crippen molar-refractivity contribution in [2.24, 2.45) is 4.99 Å². The molecule has 0 bridgehead atoms. The minimum absolute atomic E-state index is 0.682. The Labute approximate surface area is 161 Å². The summed E-state index contributed by atoms with van der Waals surface area (Å²) >= 11 is 0. The van der Waals surface area contributed by atoms with Crippen LogP contribution in [0.1, 0.15) is 12.5 Å². The van der Waals surface area contributed by atoms with E-state index in [1.165, 1.54) is 5.56 Å². The third kappa shape index (κ3) is 5.09. The molecule has 0 radical (unpaired) electrons. The lowest BCUT2D eigenvalue weighted by molar-refractivity contribution is 0.336. The van der Waals surface area contributed by atoms with Crippen molar-refractivity contribution in [3.8, 4) is 5.75 Å². The number of ether oxygens (including phenoxy) is 1. The number of anilines is 1. The van der Waals surface area contributed by atoms with Gasteiger partial charge in [-0.15, -0.1) is 0 Å². The van der Waals surface area contributed by atoms with Crippen LogP contribution >= 0.6 is 0 Å². The summed E-state index contributed by atoms with van der Waals surface area (Å²) in [6.07, 6.45) is 4.47. The summed E-state index contributed by atoms with van der Waals surface area (Å²) < 4.78 is 5.71. The molecule has 0 spiro atoms. The van der Waals surface area contributed by atoms with Gasteiger partial charge in [0.15, 0.2) is 5.96 Å². The van der Waals surface area contributed by atoms with E-state index >= 15 is 0 Å². The van der Waals surface area contributed by atoms with E-state index in [1.807, 2.05) is 32.2 Å². The molecule has 27 heavy (non-hydrogen) atoms. The van der Waals surface area contributed by atoms with Gasteiger partial charge in [0.1, 0.15) is 5.75 Å². The molecule has 2 heterocycles. The molecule has 1 fully saturated rings. The number of aromatic nitrogens is 2.